The number of aromatic carboxylic acids is 1. The van der Waals surface area contributed by atoms with Gasteiger partial charge in [-0.3, -0.25) is 0 Å². The third-order valence-corrected chi connectivity index (χ3v) is 5.41. The van der Waals surface area contributed by atoms with Crippen LogP contribution < -0.4 is 5.32 Å². The Morgan fingerprint density at radius 2 is 1.93 bits per heavy atom. The maximum absolute atomic E-state index is 13.4. The molecule has 8 nitrogen and oxygen atoms in total. The average Bonchev–Trinajstić information content (AvgIpc) is 3.22. The van der Waals surface area contributed by atoms with E-state index in [4.69, 9.17) is 0 Å². The van der Waals surface area contributed by atoms with Gasteiger partial charge in [0.15, 0.2) is 20.6 Å². The summed E-state index contributed by atoms with van der Waals surface area (Å²) >= 11 is 0. The molecule has 0 spiro atoms. The van der Waals surface area contributed by atoms with Gasteiger partial charge in [-0.15, -0.1) is 0 Å². The summed E-state index contributed by atoms with van der Waals surface area (Å²) in [5.41, 5.74) is -2.51. The Hall–Kier alpha value is -2.63. The van der Waals surface area contributed by atoms with E-state index in [9.17, 15) is 31.5 Å². The topological polar surface area (TPSA) is 114 Å². The van der Waals surface area contributed by atoms with Crippen LogP contribution in [0.2, 0.25) is 0 Å². The molecule has 1 aliphatic carbocycles. The summed E-state index contributed by atoms with van der Waals surface area (Å²) in [6, 6.07) is 2.17. The normalized spacial score (nSPS) is 15.7. The zero-order chi connectivity index (χ0) is 20.7. The number of pyridine rings is 1. The van der Waals surface area contributed by atoms with Crippen molar-refractivity contribution >= 4 is 21.6 Å². The first kappa shape index (κ1) is 20.1. The second-order valence-corrected chi connectivity index (χ2v) is 8.50. The van der Waals surface area contributed by atoms with Gasteiger partial charge in [0.25, 0.3) is 0 Å². The molecule has 3 rings (SSSR count). The molecule has 1 saturated carbocycles. The summed E-state index contributed by atoms with van der Waals surface area (Å²) in [4.78, 5) is 15.3. The van der Waals surface area contributed by atoms with Crippen molar-refractivity contribution in [2.24, 2.45) is 0 Å². The van der Waals surface area contributed by atoms with E-state index in [1.807, 2.05) is 0 Å². The number of rotatable bonds is 5. The van der Waals surface area contributed by atoms with Gasteiger partial charge in [0.1, 0.15) is 11.4 Å². The van der Waals surface area contributed by atoms with Gasteiger partial charge in [-0.05, 0) is 25.0 Å². The number of nitrogens with one attached hydrogen (secondary N) is 1. The Labute approximate surface area is 158 Å². The van der Waals surface area contributed by atoms with Crippen LogP contribution in [0.25, 0.3) is 5.69 Å². The van der Waals surface area contributed by atoms with Crippen LogP contribution in [-0.2, 0) is 16.0 Å². The second-order valence-electron chi connectivity index (χ2n) is 6.54. The number of halogens is 3. The van der Waals surface area contributed by atoms with Crippen molar-refractivity contribution in [2.45, 2.75) is 42.9 Å². The lowest BCUT2D eigenvalue weighted by Gasteiger charge is -2.16. The Morgan fingerprint density at radius 1 is 1.29 bits per heavy atom. The number of aromatic nitrogens is 3. The van der Waals surface area contributed by atoms with E-state index >= 15 is 0 Å². The van der Waals surface area contributed by atoms with E-state index in [0.29, 0.717) is 12.8 Å². The highest BCUT2D eigenvalue weighted by atomic mass is 32.2. The molecule has 2 aromatic heterocycles. The lowest BCUT2D eigenvalue weighted by Crippen LogP contribution is -2.20. The number of hydrogen-bond acceptors (Lipinski definition) is 6. The first-order chi connectivity index (χ1) is 13.0. The molecule has 12 heteroatoms. The average molecular weight is 418 g/mol. The molecule has 2 N–H and O–H groups in total. The second kappa shape index (κ2) is 7.08. The summed E-state index contributed by atoms with van der Waals surface area (Å²) in [6.45, 7) is 0. The van der Waals surface area contributed by atoms with E-state index < -0.39 is 33.2 Å². The van der Waals surface area contributed by atoms with Crippen LogP contribution >= 0.6 is 0 Å². The van der Waals surface area contributed by atoms with E-state index in [-0.39, 0.29) is 22.6 Å². The minimum Gasteiger partial charge on any atom is -0.477 e. The number of sulfone groups is 1. The zero-order valence-electron chi connectivity index (χ0n) is 14.7. The van der Waals surface area contributed by atoms with Crippen LogP contribution in [-0.4, -0.2) is 46.6 Å². The predicted molar refractivity (Wildman–Crippen MR) is 92.3 cm³/mol. The van der Waals surface area contributed by atoms with Crippen molar-refractivity contribution in [1.82, 2.24) is 14.8 Å². The Balaban J connectivity index is 2.16. The van der Waals surface area contributed by atoms with Crippen molar-refractivity contribution in [3.8, 4) is 5.69 Å². The fourth-order valence-electron chi connectivity index (χ4n) is 3.12. The molecule has 1 aliphatic rings. The van der Waals surface area contributed by atoms with Crippen LogP contribution in [0.5, 0.6) is 0 Å². The molecule has 2 heterocycles. The SMILES string of the molecule is CS(=O)(=O)c1ccc(-n2nc(C(F)(F)F)c(C(=O)O)c2NC2CCCC2)cn1. The van der Waals surface area contributed by atoms with E-state index in [2.05, 4.69) is 15.4 Å². The molecule has 0 aromatic carbocycles. The zero-order valence-corrected chi connectivity index (χ0v) is 15.5. The Bertz CT molecular complexity index is 994. The minimum absolute atomic E-state index is 0.00546. The highest BCUT2D eigenvalue weighted by molar-refractivity contribution is 7.90. The Kier molecular flexibility index (Phi) is 5.08. The van der Waals surface area contributed by atoms with E-state index in [1.54, 1.807) is 0 Å². The van der Waals surface area contributed by atoms with Crippen LogP contribution in [0.3, 0.4) is 0 Å². The maximum atomic E-state index is 13.4. The molecule has 0 unspecified atom stereocenters. The van der Waals surface area contributed by atoms with Crippen LogP contribution in [0, 0.1) is 0 Å². The van der Waals surface area contributed by atoms with E-state index in [1.165, 1.54) is 6.07 Å². The number of carbonyl (C=O) groups is 1. The van der Waals surface area contributed by atoms with Gasteiger partial charge in [0.05, 0.1) is 11.9 Å². The molecular formula is C16H17F3N4O4S. The lowest BCUT2D eigenvalue weighted by atomic mass is 10.2. The number of anilines is 1. The van der Waals surface area contributed by atoms with Gasteiger partial charge >= 0.3 is 12.1 Å². The van der Waals surface area contributed by atoms with Crippen molar-refractivity contribution in [1.29, 1.82) is 0 Å². The molecule has 0 atom stereocenters. The summed E-state index contributed by atoms with van der Waals surface area (Å²) in [6.07, 6.45) is 0.143. The fraction of sp³-hybridized carbons (Fsp3) is 0.438. The lowest BCUT2D eigenvalue weighted by molar-refractivity contribution is -0.141. The largest absolute Gasteiger partial charge is 0.477 e. The number of hydrogen-bond donors (Lipinski definition) is 2. The van der Waals surface area contributed by atoms with Gasteiger partial charge in [-0.2, -0.15) is 18.3 Å². The van der Waals surface area contributed by atoms with Crippen LogP contribution in [0.15, 0.2) is 23.4 Å². The molecule has 0 bridgehead atoms. The van der Waals surface area contributed by atoms with E-state index in [0.717, 1.165) is 36.0 Å². The first-order valence-electron chi connectivity index (χ1n) is 8.35. The van der Waals surface area contributed by atoms with Crippen molar-refractivity contribution in [2.75, 3.05) is 11.6 Å². The molecule has 0 amide bonds. The molecule has 0 radical (unpaired) electrons. The number of carboxylic acids is 1. The van der Waals surface area contributed by atoms with Crippen LogP contribution in [0.4, 0.5) is 19.0 Å². The van der Waals surface area contributed by atoms with Crippen molar-refractivity contribution in [3.63, 3.8) is 0 Å². The summed E-state index contributed by atoms with van der Waals surface area (Å²) in [5, 5.41) is 15.5. The van der Waals surface area contributed by atoms with Gasteiger partial charge < -0.3 is 10.4 Å². The van der Waals surface area contributed by atoms with Crippen LogP contribution in [0.1, 0.15) is 41.7 Å². The quantitative estimate of drug-likeness (QED) is 0.767. The highest BCUT2D eigenvalue weighted by Gasteiger charge is 2.42. The molecule has 2 aromatic rings. The standard InChI is InChI=1S/C16H17F3N4O4S/c1-28(26,27)11-7-6-10(8-20-11)23-14(21-9-4-2-3-5-9)12(15(24)25)13(22-23)16(17,18)19/h6-9,21H,2-5H2,1H3,(H,24,25). The monoisotopic (exact) mass is 418 g/mol. The molecule has 28 heavy (non-hydrogen) atoms. The maximum Gasteiger partial charge on any atom is 0.436 e. The van der Waals surface area contributed by atoms with Gasteiger partial charge in [0.2, 0.25) is 0 Å². The van der Waals surface area contributed by atoms with Gasteiger partial charge in [0, 0.05) is 12.3 Å². The number of nitrogens with zero attached hydrogens (tertiary/aromatic N) is 3. The molecule has 1 fully saturated rings. The third kappa shape index (κ3) is 3.96. The smallest absolute Gasteiger partial charge is 0.436 e. The molecule has 0 aliphatic heterocycles. The van der Waals surface area contributed by atoms with Gasteiger partial charge in [-0.25, -0.2) is 22.9 Å². The van der Waals surface area contributed by atoms with Crippen molar-refractivity contribution in [3.05, 3.63) is 29.6 Å². The summed E-state index contributed by atoms with van der Waals surface area (Å²) in [5.74, 6) is -2.07. The third-order valence-electron chi connectivity index (χ3n) is 4.41. The Morgan fingerprint density at radius 3 is 2.39 bits per heavy atom. The highest BCUT2D eigenvalue weighted by Crippen LogP contribution is 2.37. The number of carboxylic acid groups (broad SMARTS) is 1. The summed E-state index contributed by atoms with van der Waals surface area (Å²) < 4.78 is 64.0. The fourth-order valence-corrected chi connectivity index (χ4v) is 3.68. The molecule has 0 saturated heterocycles. The van der Waals surface area contributed by atoms with Gasteiger partial charge in [-0.1, -0.05) is 12.8 Å². The number of alkyl halides is 3. The predicted octanol–water partition coefficient (Wildman–Crippen LogP) is 2.74. The molecule has 152 valence electrons. The summed E-state index contributed by atoms with van der Waals surface area (Å²) in [7, 11) is -3.60. The first-order valence-corrected chi connectivity index (χ1v) is 10.2. The van der Waals surface area contributed by atoms with Crippen molar-refractivity contribution < 1.29 is 31.5 Å². The molecular weight excluding hydrogens is 401 g/mol. The minimum atomic E-state index is -4.98.